The number of amides is 2. The predicted octanol–water partition coefficient (Wildman–Crippen LogP) is 3.54. The molecule has 5 nitrogen and oxygen atoms in total. The van der Waals surface area contributed by atoms with E-state index in [1.165, 1.54) is 6.07 Å². The normalized spacial score (nSPS) is 16.8. The van der Waals surface area contributed by atoms with E-state index in [-0.39, 0.29) is 35.6 Å². The zero-order valence-corrected chi connectivity index (χ0v) is 15.6. The summed E-state index contributed by atoms with van der Waals surface area (Å²) in [5.74, 6) is -0.514. The Labute approximate surface area is 161 Å². The number of hydrogen-bond donors (Lipinski definition) is 2. The van der Waals surface area contributed by atoms with Gasteiger partial charge in [0.1, 0.15) is 5.75 Å². The van der Waals surface area contributed by atoms with Gasteiger partial charge in [0.05, 0.1) is 21.7 Å². The van der Waals surface area contributed by atoms with Crippen LogP contribution in [0.5, 0.6) is 5.75 Å². The number of likely N-dealkylation sites (tertiary alicyclic amines) is 1. The number of phenolic OH excluding ortho intramolecular Hbond substituents is 1. The topological polar surface area (TPSA) is 69.6 Å². The summed E-state index contributed by atoms with van der Waals surface area (Å²) in [4.78, 5) is 26.3. The Morgan fingerprint density at radius 2 is 2.00 bits per heavy atom. The Balaban J connectivity index is 1.65. The molecular formula is C19H18Cl2N2O3. The van der Waals surface area contributed by atoms with Crippen LogP contribution in [0.1, 0.15) is 27.9 Å². The molecule has 3 rings (SSSR count). The van der Waals surface area contributed by atoms with E-state index in [2.05, 4.69) is 5.32 Å². The highest BCUT2D eigenvalue weighted by atomic mass is 35.5. The van der Waals surface area contributed by atoms with Gasteiger partial charge in [0.15, 0.2) is 0 Å². The van der Waals surface area contributed by atoms with Crippen LogP contribution in [0.3, 0.4) is 0 Å². The van der Waals surface area contributed by atoms with E-state index in [4.69, 9.17) is 23.2 Å². The molecule has 7 heteroatoms. The number of halogens is 2. The molecule has 26 heavy (non-hydrogen) atoms. The summed E-state index contributed by atoms with van der Waals surface area (Å²) < 4.78 is 0. The first-order chi connectivity index (χ1) is 12.3. The molecule has 1 fully saturated rings. The zero-order valence-electron chi connectivity index (χ0n) is 14.1. The molecule has 0 aliphatic carbocycles. The van der Waals surface area contributed by atoms with Crippen LogP contribution in [0.2, 0.25) is 10.0 Å². The van der Waals surface area contributed by atoms with Crippen LogP contribution in [0.15, 0.2) is 36.4 Å². The van der Waals surface area contributed by atoms with Crippen LogP contribution in [-0.2, 0) is 11.3 Å². The molecule has 1 atom stereocenters. The fourth-order valence-corrected chi connectivity index (χ4v) is 3.30. The molecule has 0 bridgehead atoms. The highest BCUT2D eigenvalue weighted by Gasteiger charge is 2.31. The number of carbonyl (C=O) groups excluding carboxylic acids is 2. The second-order valence-electron chi connectivity index (χ2n) is 6.42. The first-order valence-corrected chi connectivity index (χ1v) is 8.91. The van der Waals surface area contributed by atoms with Crippen molar-refractivity contribution in [3.8, 4) is 5.75 Å². The molecule has 1 aliphatic rings. The van der Waals surface area contributed by atoms with Crippen molar-refractivity contribution in [3.05, 3.63) is 63.1 Å². The fraction of sp³-hybridized carbons (Fsp3) is 0.263. The number of nitrogens with zero attached hydrogens (tertiary/aromatic N) is 1. The molecule has 2 aromatic rings. The molecule has 0 aromatic heterocycles. The highest BCUT2D eigenvalue weighted by molar-refractivity contribution is 6.42. The van der Waals surface area contributed by atoms with E-state index < -0.39 is 0 Å². The fourth-order valence-electron chi connectivity index (χ4n) is 2.97. The number of carbonyl (C=O) groups is 2. The Morgan fingerprint density at radius 1 is 1.23 bits per heavy atom. The quantitative estimate of drug-likeness (QED) is 0.835. The van der Waals surface area contributed by atoms with Gasteiger partial charge in [-0.1, -0.05) is 40.9 Å². The number of benzene rings is 2. The minimum atomic E-state index is -0.389. The predicted molar refractivity (Wildman–Crippen MR) is 101 cm³/mol. The highest BCUT2D eigenvalue weighted by Crippen LogP contribution is 2.25. The molecule has 0 saturated carbocycles. The van der Waals surface area contributed by atoms with Gasteiger partial charge in [-0.15, -0.1) is 0 Å². The molecule has 0 radical (unpaired) electrons. The minimum absolute atomic E-state index is 0.0464. The summed E-state index contributed by atoms with van der Waals surface area (Å²) in [5.41, 5.74) is 1.95. The number of aryl methyl sites for hydroxylation is 1. The van der Waals surface area contributed by atoms with Gasteiger partial charge in [0, 0.05) is 19.5 Å². The van der Waals surface area contributed by atoms with Gasteiger partial charge in [0.25, 0.3) is 5.91 Å². The van der Waals surface area contributed by atoms with E-state index in [1.807, 2.05) is 13.0 Å². The molecule has 2 amide bonds. The monoisotopic (exact) mass is 392 g/mol. The molecule has 1 aliphatic heterocycles. The molecule has 2 aromatic carbocycles. The maximum absolute atomic E-state index is 12.4. The largest absolute Gasteiger partial charge is 0.507 e. The maximum atomic E-state index is 12.4. The minimum Gasteiger partial charge on any atom is -0.507 e. The molecule has 0 unspecified atom stereocenters. The summed E-state index contributed by atoms with van der Waals surface area (Å²) in [6.45, 7) is 2.64. The lowest BCUT2D eigenvalue weighted by molar-refractivity contribution is -0.128. The van der Waals surface area contributed by atoms with Gasteiger partial charge >= 0.3 is 0 Å². The summed E-state index contributed by atoms with van der Waals surface area (Å²) >= 11 is 11.9. The van der Waals surface area contributed by atoms with Crippen LogP contribution in [-0.4, -0.2) is 34.4 Å². The van der Waals surface area contributed by atoms with E-state index >= 15 is 0 Å². The molecule has 1 saturated heterocycles. The van der Waals surface area contributed by atoms with Gasteiger partial charge in [-0.25, -0.2) is 0 Å². The number of aromatic hydroxyl groups is 1. The smallest absolute Gasteiger partial charge is 0.255 e. The van der Waals surface area contributed by atoms with E-state index in [1.54, 1.807) is 29.2 Å². The van der Waals surface area contributed by atoms with Crippen molar-refractivity contribution < 1.29 is 14.7 Å². The van der Waals surface area contributed by atoms with Crippen molar-refractivity contribution in [1.29, 1.82) is 0 Å². The zero-order chi connectivity index (χ0) is 18.8. The van der Waals surface area contributed by atoms with Crippen LogP contribution < -0.4 is 5.32 Å². The Hall–Kier alpha value is -2.24. The van der Waals surface area contributed by atoms with Crippen LogP contribution in [0.4, 0.5) is 0 Å². The van der Waals surface area contributed by atoms with E-state index in [0.29, 0.717) is 23.1 Å². The molecule has 0 spiro atoms. The van der Waals surface area contributed by atoms with Crippen molar-refractivity contribution in [1.82, 2.24) is 10.2 Å². The summed E-state index contributed by atoms with van der Waals surface area (Å²) in [7, 11) is 0. The third-order valence-electron chi connectivity index (χ3n) is 4.30. The van der Waals surface area contributed by atoms with Gasteiger partial charge in [-0.05, 0) is 36.8 Å². The van der Waals surface area contributed by atoms with Crippen molar-refractivity contribution in [2.45, 2.75) is 25.9 Å². The number of phenols is 1. The Kier molecular flexibility index (Phi) is 5.39. The maximum Gasteiger partial charge on any atom is 0.255 e. The van der Waals surface area contributed by atoms with Crippen LogP contribution in [0, 0.1) is 6.92 Å². The second-order valence-corrected chi connectivity index (χ2v) is 7.23. The summed E-state index contributed by atoms with van der Waals surface area (Å²) in [6.07, 6.45) is 0.222. The Bertz CT molecular complexity index is 870. The van der Waals surface area contributed by atoms with Gasteiger partial charge in [-0.3, -0.25) is 9.59 Å². The third kappa shape index (κ3) is 4.11. The van der Waals surface area contributed by atoms with Crippen LogP contribution in [0.25, 0.3) is 0 Å². The first kappa shape index (κ1) is 18.5. The SMILES string of the molecule is Cc1ccc(O)c(C(=O)N[C@H]2CC(=O)N(Cc3ccc(Cl)c(Cl)c3)C2)c1. The number of hydrogen-bond acceptors (Lipinski definition) is 3. The van der Waals surface area contributed by atoms with Crippen LogP contribution >= 0.6 is 23.2 Å². The Morgan fingerprint density at radius 3 is 2.73 bits per heavy atom. The molecule has 136 valence electrons. The van der Waals surface area contributed by atoms with E-state index in [9.17, 15) is 14.7 Å². The average molecular weight is 393 g/mol. The first-order valence-electron chi connectivity index (χ1n) is 8.15. The van der Waals surface area contributed by atoms with Crippen molar-refractivity contribution in [3.63, 3.8) is 0 Å². The van der Waals surface area contributed by atoms with E-state index in [0.717, 1.165) is 11.1 Å². The number of nitrogens with one attached hydrogen (secondary N) is 1. The van der Waals surface area contributed by atoms with Gasteiger partial charge < -0.3 is 15.3 Å². The second kappa shape index (κ2) is 7.56. The summed E-state index contributed by atoms with van der Waals surface area (Å²) in [5, 5.41) is 13.6. The lowest BCUT2D eigenvalue weighted by Gasteiger charge is -2.18. The molecular weight excluding hydrogens is 375 g/mol. The summed E-state index contributed by atoms with van der Waals surface area (Å²) in [6, 6.07) is 9.77. The standard InChI is InChI=1S/C19H18Cl2N2O3/c1-11-2-5-17(24)14(6-11)19(26)22-13-8-18(25)23(10-13)9-12-3-4-15(20)16(21)7-12/h2-7,13,24H,8-10H2,1H3,(H,22,26)/t13-/m0/s1. The third-order valence-corrected chi connectivity index (χ3v) is 5.04. The van der Waals surface area contributed by atoms with Gasteiger partial charge in [0.2, 0.25) is 5.91 Å². The molecule has 2 N–H and O–H groups in total. The lowest BCUT2D eigenvalue weighted by atomic mass is 10.1. The van der Waals surface area contributed by atoms with Crippen molar-refractivity contribution in [2.75, 3.05) is 6.54 Å². The average Bonchev–Trinajstić information content (AvgIpc) is 2.92. The number of rotatable bonds is 4. The van der Waals surface area contributed by atoms with Crippen molar-refractivity contribution in [2.24, 2.45) is 0 Å². The van der Waals surface area contributed by atoms with Gasteiger partial charge in [-0.2, -0.15) is 0 Å². The molecule has 1 heterocycles. The van der Waals surface area contributed by atoms with Crippen molar-refractivity contribution >= 4 is 35.0 Å². The lowest BCUT2D eigenvalue weighted by Crippen LogP contribution is -2.37.